The zero-order valence-electron chi connectivity index (χ0n) is 9.73. The van der Waals surface area contributed by atoms with Gasteiger partial charge in [0, 0.05) is 0 Å². The topological polar surface area (TPSA) is 61.3 Å². The summed E-state index contributed by atoms with van der Waals surface area (Å²) < 4.78 is 5.67. The van der Waals surface area contributed by atoms with Gasteiger partial charge in [0.25, 0.3) is 0 Å². The Labute approximate surface area is 96.4 Å². The zero-order valence-corrected chi connectivity index (χ0v) is 9.73. The summed E-state index contributed by atoms with van der Waals surface area (Å²) in [5.74, 6) is 0.743. The van der Waals surface area contributed by atoms with Crippen LogP contribution in [0.25, 0.3) is 0 Å². The summed E-state index contributed by atoms with van der Waals surface area (Å²) in [5, 5.41) is 0. The van der Waals surface area contributed by atoms with Crippen LogP contribution < -0.4 is 16.2 Å². The van der Waals surface area contributed by atoms with E-state index in [0.717, 1.165) is 16.9 Å². The molecule has 0 aliphatic carbocycles. The highest BCUT2D eigenvalue weighted by molar-refractivity contribution is 5.56. The number of benzene rings is 1. The molecule has 1 aromatic rings. The lowest BCUT2D eigenvalue weighted by Crippen LogP contribution is -2.03. The lowest BCUT2D eigenvalue weighted by molar-refractivity contribution is 0.355. The molecule has 86 valence electrons. The van der Waals surface area contributed by atoms with Crippen molar-refractivity contribution in [1.82, 2.24) is 0 Å². The fourth-order valence-corrected chi connectivity index (χ4v) is 1.38. The van der Waals surface area contributed by atoms with Crippen LogP contribution >= 0.6 is 0 Å². The van der Waals surface area contributed by atoms with Crippen molar-refractivity contribution in [3.63, 3.8) is 0 Å². The van der Waals surface area contributed by atoms with Gasteiger partial charge in [-0.25, -0.2) is 0 Å². The number of aryl methyl sites for hydroxylation is 1. The number of hydrogen-bond donors (Lipinski definition) is 2. The molecular formula is C13H18N2O. The van der Waals surface area contributed by atoms with Crippen LogP contribution in [-0.2, 0) is 0 Å². The molecule has 0 saturated carbocycles. The normalized spacial score (nSPS) is 12.0. The van der Waals surface area contributed by atoms with Crippen LogP contribution in [-0.4, -0.2) is 6.61 Å². The highest BCUT2D eigenvalue weighted by atomic mass is 16.5. The van der Waals surface area contributed by atoms with E-state index in [2.05, 4.69) is 0 Å². The van der Waals surface area contributed by atoms with Crippen LogP contribution in [0.5, 0.6) is 5.75 Å². The second kappa shape index (κ2) is 5.85. The van der Waals surface area contributed by atoms with Crippen molar-refractivity contribution >= 4 is 5.69 Å². The molecule has 16 heavy (non-hydrogen) atoms. The Morgan fingerprint density at radius 3 is 2.75 bits per heavy atom. The van der Waals surface area contributed by atoms with Crippen LogP contribution in [0.3, 0.4) is 0 Å². The molecule has 0 aliphatic heterocycles. The van der Waals surface area contributed by atoms with E-state index in [1.54, 1.807) is 0 Å². The van der Waals surface area contributed by atoms with Gasteiger partial charge in [0.15, 0.2) is 0 Å². The first-order chi connectivity index (χ1) is 7.69. The molecule has 0 heterocycles. The molecule has 0 radical (unpaired) electrons. The molecule has 1 aromatic carbocycles. The van der Waals surface area contributed by atoms with E-state index in [9.17, 15) is 0 Å². The second-order valence-electron chi connectivity index (χ2n) is 3.50. The van der Waals surface area contributed by atoms with Crippen LogP contribution in [0.4, 0.5) is 5.69 Å². The third-order valence-corrected chi connectivity index (χ3v) is 2.31. The first-order valence-corrected chi connectivity index (χ1v) is 5.20. The molecule has 0 amide bonds. The van der Waals surface area contributed by atoms with E-state index in [4.69, 9.17) is 16.2 Å². The van der Waals surface area contributed by atoms with Gasteiger partial charge in [-0.3, -0.25) is 0 Å². The quantitative estimate of drug-likeness (QED) is 0.602. The molecule has 0 spiro atoms. The number of rotatable bonds is 4. The van der Waals surface area contributed by atoms with E-state index < -0.39 is 0 Å². The monoisotopic (exact) mass is 218 g/mol. The molecule has 3 nitrogen and oxygen atoms in total. The standard InChI is InChI=1S/C13H18N2O/c1-3-11(7-8-14)9-16-13-10(2)5-4-6-12(13)15/h3-8H,9,14-15H2,1-2H3/b8-7-,11-3+. The summed E-state index contributed by atoms with van der Waals surface area (Å²) in [7, 11) is 0. The number of hydrogen-bond acceptors (Lipinski definition) is 3. The molecule has 0 bridgehead atoms. The number of para-hydroxylation sites is 1. The highest BCUT2D eigenvalue weighted by Crippen LogP contribution is 2.25. The van der Waals surface area contributed by atoms with Crippen molar-refractivity contribution in [3.8, 4) is 5.75 Å². The third-order valence-electron chi connectivity index (χ3n) is 2.31. The minimum absolute atomic E-state index is 0.471. The van der Waals surface area contributed by atoms with E-state index >= 15 is 0 Å². The Bertz CT molecular complexity index is 388. The number of allylic oxidation sites excluding steroid dienone is 1. The maximum absolute atomic E-state index is 5.84. The first kappa shape index (κ1) is 12.2. The lowest BCUT2D eigenvalue weighted by Gasteiger charge is -2.11. The molecule has 0 aliphatic rings. The van der Waals surface area contributed by atoms with Gasteiger partial charge in [0.1, 0.15) is 12.4 Å². The lowest BCUT2D eigenvalue weighted by atomic mass is 10.2. The van der Waals surface area contributed by atoms with E-state index in [0.29, 0.717) is 12.3 Å². The van der Waals surface area contributed by atoms with E-state index in [-0.39, 0.29) is 0 Å². The van der Waals surface area contributed by atoms with Crippen molar-refractivity contribution in [2.24, 2.45) is 5.73 Å². The van der Waals surface area contributed by atoms with Crippen molar-refractivity contribution in [1.29, 1.82) is 0 Å². The van der Waals surface area contributed by atoms with Gasteiger partial charge < -0.3 is 16.2 Å². The fraction of sp³-hybridized carbons (Fsp3) is 0.231. The Morgan fingerprint density at radius 2 is 2.19 bits per heavy atom. The fourth-order valence-electron chi connectivity index (χ4n) is 1.38. The molecule has 0 unspecified atom stereocenters. The van der Waals surface area contributed by atoms with Gasteiger partial charge in [-0.05, 0) is 43.3 Å². The van der Waals surface area contributed by atoms with Crippen LogP contribution in [0.1, 0.15) is 12.5 Å². The summed E-state index contributed by atoms with van der Waals surface area (Å²) in [6.07, 6.45) is 5.27. The number of anilines is 1. The summed E-state index contributed by atoms with van der Waals surface area (Å²) in [5.41, 5.74) is 13.9. The molecule has 0 atom stereocenters. The smallest absolute Gasteiger partial charge is 0.145 e. The van der Waals surface area contributed by atoms with Gasteiger partial charge >= 0.3 is 0 Å². The number of nitrogens with two attached hydrogens (primary N) is 2. The summed E-state index contributed by atoms with van der Waals surface area (Å²) in [6.45, 7) is 4.39. The van der Waals surface area contributed by atoms with Gasteiger partial charge in [0.2, 0.25) is 0 Å². The molecule has 0 saturated heterocycles. The average Bonchev–Trinajstić information content (AvgIpc) is 2.27. The van der Waals surface area contributed by atoms with Crippen LogP contribution in [0.15, 0.2) is 42.1 Å². The van der Waals surface area contributed by atoms with Crippen molar-refractivity contribution in [3.05, 3.63) is 47.7 Å². The molecule has 0 aromatic heterocycles. The second-order valence-corrected chi connectivity index (χ2v) is 3.50. The Hall–Kier alpha value is -1.90. The predicted molar refractivity (Wildman–Crippen MR) is 68.2 cm³/mol. The maximum atomic E-state index is 5.84. The summed E-state index contributed by atoms with van der Waals surface area (Å²) in [6, 6.07) is 5.71. The molecule has 0 fully saturated rings. The Balaban J connectivity index is 2.75. The minimum Gasteiger partial charge on any atom is -0.486 e. The molecule has 1 rings (SSSR count). The SMILES string of the molecule is C/C=C(\C=C/N)COc1c(C)cccc1N. The van der Waals surface area contributed by atoms with Crippen molar-refractivity contribution < 1.29 is 4.74 Å². The first-order valence-electron chi connectivity index (χ1n) is 5.20. The van der Waals surface area contributed by atoms with Gasteiger partial charge in [-0.2, -0.15) is 0 Å². The predicted octanol–water partition coefficient (Wildman–Crippen LogP) is 2.37. The molecular weight excluding hydrogens is 200 g/mol. The highest BCUT2D eigenvalue weighted by Gasteiger charge is 2.03. The van der Waals surface area contributed by atoms with Gasteiger partial charge in [-0.15, -0.1) is 0 Å². The van der Waals surface area contributed by atoms with Crippen molar-refractivity contribution in [2.45, 2.75) is 13.8 Å². The van der Waals surface area contributed by atoms with Crippen LogP contribution in [0, 0.1) is 6.92 Å². The number of ether oxygens (including phenoxy) is 1. The largest absolute Gasteiger partial charge is 0.486 e. The summed E-state index contributed by atoms with van der Waals surface area (Å²) in [4.78, 5) is 0. The van der Waals surface area contributed by atoms with Crippen LogP contribution in [0.2, 0.25) is 0 Å². The number of nitrogen functional groups attached to an aromatic ring is 1. The Morgan fingerprint density at radius 1 is 1.44 bits per heavy atom. The molecule has 3 heteroatoms. The van der Waals surface area contributed by atoms with Crippen molar-refractivity contribution in [2.75, 3.05) is 12.3 Å². The summed E-state index contributed by atoms with van der Waals surface area (Å²) >= 11 is 0. The average molecular weight is 218 g/mol. The van der Waals surface area contributed by atoms with Gasteiger partial charge in [0.05, 0.1) is 5.69 Å². The van der Waals surface area contributed by atoms with Gasteiger partial charge in [-0.1, -0.05) is 18.2 Å². The maximum Gasteiger partial charge on any atom is 0.145 e. The zero-order chi connectivity index (χ0) is 12.0. The minimum atomic E-state index is 0.471. The van der Waals surface area contributed by atoms with E-state index in [1.807, 2.05) is 44.2 Å². The third kappa shape index (κ3) is 3.05. The molecule has 4 N–H and O–H groups in total. The Kier molecular flexibility index (Phi) is 4.45. The van der Waals surface area contributed by atoms with E-state index in [1.165, 1.54) is 6.20 Å².